The summed E-state index contributed by atoms with van der Waals surface area (Å²) < 4.78 is 5.70. The summed E-state index contributed by atoms with van der Waals surface area (Å²) in [6.45, 7) is 12.1. The van der Waals surface area contributed by atoms with Crippen LogP contribution in [0.25, 0.3) is 0 Å². The van der Waals surface area contributed by atoms with Crippen molar-refractivity contribution in [2.45, 2.75) is 47.1 Å². The zero-order chi connectivity index (χ0) is 15.8. The number of rotatable bonds is 9. The Balaban J connectivity index is 2.93. The minimum atomic E-state index is 0.364. The molecule has 0 spiro atoms. The lowest BCUT2D eigenvalue weighted by Gasteiger charge is -2.23. The van der Waals surface area contributed by atoms with Crippen LogP contribution in [0.15, 0.2) is 12.1 Å². The summed E-state index contributed by atoms with van der Waals surface area (Å²) in [6, 6.07) is 4.80. The first-order chi connectivity index (χ1) is 10.0. The molecule has 3 heteroatoms. The molecule has 0 amide bonds. The highest BCUT2D eigenvalue weighted by molar-refractivity contribution is 7.99. The summed E-state index contributed by atoms with van der Waals surface area (Å²) in [4.78, 5) is 0. The van der Waals surface area contributed by atoms with Crippen LogP contribution in [0.2, 0.25) is 0 Å². The van der Waals surface area contributed by atoms with Gasteiger partial charge in [0.25, 0.3) is 0 Å². The highest BCUT2D eigenvalue weighted by Gasteiger charge is 2.18. The van der Waals surface area contributed by atoms with Crippen LogP contribution in [0, 0.1) is 19.8 Å². The summed E-state index contributed by atoms with van der Waals surface area (Å²) in [7, 11) is 1.78. The smallest absolute Gasteiger partial charge is 0.126 e. The molecule has 1 aromatic rings. The molecule has 0 aliphatic carbocycles. The van der Waals surface area contributed by atoms with Gasteiger partial charge in [-0.05, 0) is 49.6 Å². The third-order valence-electron chi connectivity index (χ3n) is 3.66. The Morgan fingerprint density at radius 3 is 2.48 bits per heavy atom. The van der Waals surface area contributed by atoms with Gasteiger partial charge in [0.2, 0.25) is 0 Å². The molecule has 0 aliphatic rings. The molecule has 0 aliphatic heterocycles. The van der Waals surface area contributed by atoms with Crippen molar-refractivity contribution in [1.82, 2.24) is 5.32 Å². The fourth-order valence-electron chi connectivity index (χ4n) is 2.36. The molecule has 0 saturated carbocycles. The van der Waals surface area contributed by atoms with Gasteiger partial charge in [-0.1, -0.05) is 32.9 Å². The fraction of sp³-hybridized carbons (Fsp3) is 0.667. The largest absolute Gasteiger partial charge is 0.496 e. The van der Waals surface area contributed by atoms with Gasteiger partial charge in [-0.25, -0.2) is 0 Å². The predicted molar refractivity (Wildman–Crippen MR) is 95.7 cm³/mol. The third-order valence-corrected chi connectivity index (χ3v) is 5.13. The summed E-state index contributed by atoms with van der Waals surface area (Å²) in [5, 5.41) is 3.68. The van der Waals surface area contributed by atoms with Crippen molar-refractivity contribution in [3.8, 4) is 5.75 Å². The Labute approximate surface area is 135 Å². The Kier molecular flexibility index (Phi) is 8.20. The minimum Gasteiger partial charge on any atom is -0.496 e. The molecule has 0 heterocycles. The predicted octanol–water partition coefficient (Wildman–Crippen LogP) is 4.74. The SMILES string of the molecule is CCCNC(CSCC(C)C)c1ccc(C)c(C)c1OC. The molecule has 2 nitrogen and oxygen atoms in total. The zero-order valence-electron chi connectivity index (χ0n) is 14.5. The van der Waals surface area contributed by atoms with E-state index in [0.29, 0.717) is 6.04 Å². The van der Waals surface area contributed by atoms with Gasteiger partial charge in [0.1, 0.15) is 5.75 Å². The van der Waals surface area contributed by atoms with Crippen molar-refractivity contribution in [2.75, 3.05) is 25.2 Å². The second-order valence-electron chi connectivity index (χ2n) is 6.07. The van der Waals surface area contributed by atoms with Crippen molar-refractivity contribution in [3.63, 3.8) is 0 Å². The second-order valence-corrected chi connectivity index (χ2v) is 7.14. The van der Waals surface area contributed by atoms with Crippen LogP contribution >= 0.6 is 11.8 Å². The van der Waals surface area contributed by atoms with Crippen LogP contribution < -0.4 is 10.1 Å². The first-order valence-corrected chi connectivity index (χ1v) is 9.11. The van der Waals surface area contributed by atoms with E-state index >= 15 is 0 Å². The van der Waals surface area contributed by atoms with Crippen LogP contribution in [0.3, 0.4) is 0 Å². The van der Waals surface area contributed by atoms with Crippen molar-refractivity contribution in [3.05, 3.63) is 28.8 Å². The minimum absolute atomic E-state index is 0.364. The van der Waals surface area contributed by atoms with E-state index in [1.165, 1.54) is 22.4 Å². The van der Waals surface area contributed by atoms with Crippen molar-refractivity contribution < 1.29 is 4.74 Å². The van der Waals surface area contributed by atoms with Gasteiger partial charge in [-0.2, -0.15) is 11.8 Å². The molecule has 0 radical (unpaired) electrons. The zero-order valence-corrected chi connectivity index (χ0v) is 15.3. The van der Waals surface area contributed by atoms with E-state index in [2.05, 4.69) is 52.1 Å². The number of thioether (sulfide) groups is 1. The average molecular weight is 310 g/mol. The summed E-state index contributed by atoms with van der Waals surface area (Å²) in [5.41, 5.74) is 3.84. The summed E-state index contributed by atoms with van der Waals surface area (Å²) in [5.74, 6) is 4.09. The maximum atomic E-state index is 5.70. The maximum Gasteiger partial charge on any atom is 0.126 e. The molecule has 0 saturated heterocycles. The van der Waals surface area contributed by atoms with Gasteiger partial charge in [-0.15, -0.1) is 0 Å². The van der Waals surface area contributed by atoms with Crippen molar-refractivity contribution >= 4 is 11.8 Å². The molecular weight excluding hydrogens is 278 g/mol. The molecule has 1 unspecified atom stereocenters. The lowest BCUT2D eigenvalue weighted by atomic mass is 10.00. The summed E-state index contributed by atoms with van der Waals surface area (Å²) >= 11 is 2.03. The monoisotopic (exact) mass is 309 g/mol. The first-order valence-electron chi connectivity index (χ1n) is 7.96. The molecule has 0 aromatic heterocycles. The van der Waals surface area contributed by atoms with E-state index in [-0.39, 0.29) is 0 Å². The molecule has 1 rings (SSSR count). The van der Waals surface area contributed by atoms with Crippen LogP contribution in [0.4, 0.5) is 0 Å². The average Bonchev–Trinajstić information content (AvgIpc) is 2.45. The topological polar surface area (TPSA) is 21.3 Å². The van der Waals surface area contributed by atoms with Crippen molar-refractivity contribution in [1.29, 1.82) is 0 Å². The first kappa shape index (κ1) is 18.4. The molecular formula is C18H31NOS. The van der Waals surface area contributed by atoms with Gasteiger partial charge in [-0.3, -0.25) is 0 Å². The number of hydrogen-bond donors (Lipinski definition) is 1. The number of nitrogens with one attached hydrogen (secondary N) is 1. The van der Waals surface area contributed by atoms with Gasteiger partial charge in [0.15, 0.2) is 0 Å². The van der Waals surface area contributed by atoms with Gasteiger partial charge >= 0.3 is 0 Å². The van der Waals surface area contributed by atoms with Crippen LogP contribution in [-0.4, -0.2) is 25.2 Å². The van der Waals surface area contributed by atoms with E-state index in [0.717, 1.165) is 30.4 Å². The Morgan fingerprint density at radius 1 is 1.19 bits per heavy atom. The molecule has 0 bridgehead atoms. The third kappa shape index (κ3) is 5.55. The van der Waals surface area contributed by atoms with Crippen LogP contribution in [0.5, 0.6) is 5.75 Å². The number of ether oxygens (including phenoxy) is 1. The lowest BCUT2D eigenvalue weighted by molar-refractivity contribution is 0.398. The normalized spacial score (nSPS) is 12.7. The van der Waals surface area contributed by atoms with E-state index in [1.807, 2.05) is 11.8 Å². The van der Waals surface area contributed by atoms with Crippen LogP contribution in [-0.2, 0) is 0 Å². The molecule has 0 fully saturated rings. The van der Waals surface area contributed by atoms with E-state index in [4.69, 9.17) is 4.74 Å². The molecule has 1 N–H and O–H groups in total. The lowest BCUT2D eigenvalue weighted by Crippen LogP contribution is -2.25. The Morgan fingerprint density at radius 2 is 1.90 bits per heavy atom. The summed E-state index contributed by atoms with van der Waals surface area (Å²) in [6.07, 6.45) is 1.15. The number of benzene rings is 1. The van der Waals surface area contributed by atoms with Gasteiger partial charge in [0, 0.05) is 17.4 Å². The maximum absolute atomic E-state index is 5.70. The van der Waals surface area contributed by atoms with E-state index < -0.39 is 0 Å². The fourth-order valence-corrected chi connectivity index (χ4v) is 3.50. The number of methoxy groups -OCH3 is 1. The van der Waals surface area contributed by atoms with Gasteiger partial charge < -0.3 is 10.1 Å². The molecule has 1 aromatic carbocycles. The standard InChI is InChI=1S/C18H31NOS/c1-7-10-19-17(12-21-11-13(2)3)16-9-8-14(4)15(5)18(16)20-6/h8-9,13,17,19H,7,10-12H2,1-6H3. The second kappa shape index (κ2) is 9.37. The number of aryl methyl sites for hydroxylation is 1. The van der Waals surface area contributed by atoms with E-state index in [1.54, 1.807) is 7.11 Å². The molecule has 1 atom stereocenters. The Hall–Kier alpha value is -0.670. The number of hydrogen-bond acceptors (Lipinski definition) is 3. The van der Waals surface area contributed by atoms with Crippen molar-refractivity contribution in [2.24, 2.45) is 5.92 Å². The quantitative estimate of drug-likeness (QED) is 0.712. The van der Waals surface area contributed by atoms with E-state index in [9.17, 15) is 0 Å². The van der Waals surface area contributed by atoms with Gasteiger partial charge in [0.05, 0.1) is 7.11 Å². The molecule has 21 heavy (non-hydrogen) atoms. The van der Waals surface area contributed by atoms with Crippen LogP contribution in [0.1, 0.15) is 49.9 Å². The molecule has 120 valence electrons. The highest BCUT2D eigenvalue weighted by atomic mass is 32.2. The highest BCUT2D eigenvalue weighted by Crippen LogP contribution is 2.32. The Bertz CT molecular complexity index is 431.